The van der Waals surface area contributed by atoms with Crippen LogP contribution in [0.5, 0.6) is 0 Å². The largest absolute Gasteiger partial charge is 0.325 e. The van der Waals surface area contributed by atoms with Crippen molar-refractivity contribution in [3.63, 3.8) is 0 Å². The van der Waals surface area contributed by atoms with E-state index in [1.54, 1.807) is 55.5 Å². The molecule has 29 heavy (non-hydrogen) atoms. The molecule has 0 saturated carbocycles. The molecule has 7 heteroatoms. The van der Waals surface area contributed by atoms with E-state index < -0.39 is 15.9 Å². The average Bonchev–Trinajstić information content (AvgIpc) is 2.71. The van der Waals surface area contributed by atoms with Gasteiger partial charge in [0.25, 0.3) is 10.0 Å². The number of rotatable bonds is 6. The fourth-order valence-electron chi connectivity index (χ4n) is 2.85. The molecule has 0 aliphatic rings. The molecule has 0 unspecified atom stereocenters. The number of anilines is 2. The van der Waals surface area contributed by atoms with E-state index in [9.17, 15) is 13.2 Å². The van der Waals surface area contributed by atoms with E-state index in [4.69, 9.17) is 11.6 Å². The third-order valence-corrected chi connectivity index (χ3v) is 6.64. The van der Waals surface area contributed by atoms with Gasteiger partial charge in [-0.2, -0.15) is 0 Å². The van der Waals surface area contributed by atoms with Crippen LogP contribution in [0.4, 0.5) is 11.4 Å². The summed E-state index contributed by atoms with van der Waals surface area (Å²) in [6, 6.07) is 20.3. The van der Waals surface area contributed by atoms with Crippen LogP contribution < -0.4 is 9.62 Å². The number of halogens is 1. The van der Waals surface area contributed by atoms with Gasteiger partial charge in [-0.25, -0.2) is 8.42 Å². The second kappa shape index (κ2) is 8.68. The molecule has 0 aliphatic carbocycles. The van der Waals surface area contributed by atoms with Gasteiger partial charge in [-0.1, -0.05) is 53.6 Å². The third kappa shape index (κ3) is 4.78. The summed E-state index contributed by atoms with van der Waals surface area (Å²) in [6.45, 7) is 3.29. The molecule has 3 aromatic carbocycles. The number of carbonyl (C=O) groups is 1. The number of aryl methyl sites for hydroxylation is 1. The van der Waals surface area contributed by atoms with Crippen molar-refractivity contribution in [1.82, 2.24) is 0 Å². The lowest BCUT2D eigenvalue weighted by Gasteiger charge is -2.26. The van der Waals surface area contributed by atoms with Crippen LogP contribution in [0.15, 0.2) is 77.7 Å². The SMILES string of the molecule is Cc1ccc(NC(=O)CN(c2cccc(Cl)c2C)S(=O)(=O)c2ccccc2)cc1. The maximum atomic E-state index is 13.3. The number of hydrogen-bond donors (Lipinski definition) is 1. The Kier molecular flexibility index (Phi) is 6.25. The van der Waals surface area contributed by atoms with E-state index in [0.29, 0.717) is 22.0 Å². The zero-order chi connectivity index (χ0) is 21.0. The molecule has 0 aliphatic heterocycles. The van der Waals surface area contributed by atoms with E-state index in [0.717, 1.165) is 9.87 Å². The molecule has 0 saturated heterocycles. The smallest absolute Gasteiger partial charge is 0.264 e. The van der Waals surface area contributed by atoms with Gasteiger partial charge in [0.1, 0.15) is 6.54 Å². The highest BCUT2D eigenvalue weighted by Crippen LogP contribution is 2.30. The van der Waals surface area contributed by atoms with Crippen molar-refractivity contribution in [2.45, 2.75) is 18.7 Å². The molecule has 3 aromatic rings. The maximum Gasteiger partial charge on any atom is 0.264 e. The van der Waals surface area contributed by atoms with Gasteiger partial charge in [0.2, 0.25) is 5.91 Å². The van der Waals surface area contributed by atoms with Crippen LogP contribution in [-0.2, 0) is 14.8 Å². The Morgan fingerprint density at radius 2 is 1.59 bits per heavy atom. The molecule has 3 rings (SSSR count). The first-order valence-electron chi connectivity index (χ1n) is 8.98. The molecular formula is C22H21ClN2O3S. The van der Waals surface area contributed by atoms with Crippen molar-refractivity contribution in [2.24, 2.45) is 0 Å². The molecule has 5 nitrogen and oxygen atoms in total. The monoisotopic (exact) mass is 428 g/mol. The van der Waals surface area contributed by atoms with Crippen LogP contribution in [0.3, 0.4) is 0 Å². The minimum atomic E-state index is -3.97. The van der Waals surface area contributed by atoms with Crippen molar-refractivity contribution in [1.29, 1.82) is 0 Å². The van der Waals surface area contributed by atoms with Gasteiger partial charge in [-0.15, -0.1) is 0 Å². The highest BCUT2D eigenvalue weighted by molar-refractivity contribution is 7.92. The number of sulfonamides is 1. The van der Waals surface area contributed by atoms with Crippen LogP contribution >= 0.6 is 11.6 Å². The molecule has 0 atom stereocenters. The minimum Gasteiger partial charge on any atom is -0.325 e. The summed E-state index contributed by atoms with van der Waals surface area (Å²) >= 11 is 6.21. The summed E-state index contributed by atoms with van der Waals surface area (Å²) in [5.41, 5.74) is 2.60. The maximum absolute atomic E-state index is 13.3. The van der Waals surface area contributed by atoms with Crippen molar-refractivity contribution in [2.75, 3.05) is 16.2 Å². The molecule has 0 bridgehead atoms. The van der Waals surface area contributed by atoms with Gasteiger partial charge < -0.3 is 5.32 Å². The van der Waals surface area contributed by atoms with E-state index in [2.05, 4.69) is 5.32 Å². The van der Waals surface area contributed by atoms with Crippen molar-refractivity contribution >= 4 is 38.9 Å². The molecule has 150 valence electrons. The standard InChI is InChI=1S/C22H21ClN2O3S/c1-16-11-13-18(14-12-16)24-22(26)15-25(21-10-6-9-20(23)17(21)2)29(27,28)19-7-4-3-5-8-19/h3-14H,15H2,1-2H3,(H,24,26). The van der Waals surface area contributed by atoms with Gasteiger partial charge >= 0.3 is 0 Å². The lowest BCUT2D eigenvalue weighted by Crippen LogP contribution is -2.38. The van der Waals surface area contributed by atoms with Crippen LogP contribution in [0.2, 0.25) is 5.02 Å². The Labute approximate surface area is 176 Å². The quantitative estimate of drug-likeness (QED) is 0.613. The summed E-state index contributed by atoms with van der Waals surface area (Å²) < 4.78 is 27.8. The summed E-state index contributed by atoms with van der Waals surface area (Å²) in [6.07, 6.45) is 0. The lowest BCUT2D eigenvalue weighted by atomic mass is 10.2. The highest BCUT2D eigenvalue weighted by Gasteiger charge is 2.28. The predicted molar refractivity (Wildman–Crippen MR) is 117 cm³/mol. The molecule has 0 spiro atoms. The van der Waals surface area contributed by atoms with Crippen molar-refractivity contribution in [3.05, 3.63) is 88.9 Å². The molecular weight excluding hydrogens is 408 g/mol. The fraction of sp³-hybridized carbons (Fsp3) is 0.136. The van der Waals surface area contributed by atoms with E-state index in [1.807, 2.05) is 19.1 Å². The Bertz CT molecular complexity index is 1110. The van der Waals surface area contributed by atoms with Crippen molar-refractivity contribution in [3.8, 4) is 0 Å². The van der Waals surface area contributed by atoms with Crippen LogP contribution in [0, 0.1) is 13.8 Å². The van der Waals surface area contributed by atoms with E-state index >= 15 is 0 Å². The van der Waals surface area contributed by atoms with E-state index in [-0.39, 0.29) is 11.4 Å². The van der Waals surface area contributed by atoms with Gasteiger partial charge in [-0.3, -0.25) is 9.10 Å². The van der Waals surface area contributed by atoms with E-state index in [1.165, 1.54) is 12.1 Å². The predicted octanol–water partition coefficient (Wildman–Crippen LogP) is 4.79. The minimum absolute atomic E-state index is 0.0995. The number of amides is 1. The van der Waals surface area contributed by atoms with Gasteiger partial charge in [0.15, 0.2) is 0 Å². The molecule has 0 aromatic heterocycles. The number of carbonyl (C=O) groups excluding carboxylic acids is 1. The first-order chi connectivity index (χ1) is 13.8. The third-order valence-electron chi connectivity index (χ3n) is 4.46. The summed E-state index contributed by atoms with van der Waals surface area (Å²) in [5.74, 6) is -0.451. The molecule has 1 amide bonds. The van der Waals surface area contributed by atoms with Gasteiger partial charge in [0.05, 0.1) is 10.6 Å². The highest BCUT2D eigenvalue weighted by atomic mass is 35.5. The number of benzene rings is 3. The number of nitrogens with zero attached hydrogens (tertiary/aromatic N) is 1. The number of hydrogen-bond acceptors (Lipinski definition) is 3. The molecule has 0 radical (unpaired) electrons. The molecule has 0 heterocycles. The second-order valence-electron chi connectivity index (χ2n) is 6.62. The first-order valence-corrected chi connectivity index (χ1v) is 10.8. The summed E-state index contributed by atoms with van der Waals surface area (Å²) in [4.78, 5) is 12.8. The Morgan fingerprint density at radius 1 is 0.931 bits per heavy atom. The van der Waals surface area contributed by atoms with Crippen LogP contribution in [-0.4, -0.2) is 20.9 Å². The Hall–Kier alpha value is -2.83. The summed E-state index contributed by atoms with van der Waals surface area (Å²) in [7, 11) is -3.97. The molecule has 1 N–H and O–H groups in total. The first kappa shape index (κ1) is 20.9. The Morgan fingerprint density at radius 3 is 2.24 bits per heavy atom. The van der Waals surface area contributed by atoms with Crippen LogP contribution in [0.25, 0.3) is 0 Å². The fourth-order valence-corrected chi connectivity index (χ4v) is 4.52. The second-order valence-corrected chi connectivity index (χ2v) is 8.89. The zero-order valence-corrected chi connectivity index (χ0v) is 17.7. The summed E-state index contributed by atoms with van der Waals surface area (Å²) in [5, 5.41) is 3.17. The van der Waals surface area contributed by atoms with Gasteiger partial charge in [-0.05, 0) is 55.8 Å². The van der Waals surface area contributed by atoms with Crippen molar-refractivity contribution < 1.29 is 13.2 Å². The Balaban J connectivity index is 1.98. The normalized spacial score (nSPS) is 11.1. The zero-order valence-electron chi connectivity index (χ0n) is 16.1. The topological polar surface area (TPSA) is 66.5 Å². The van der Waals surface area contributed by atoms with Crippen LogP contribution in [0.1, 0.15) is 11.1 Å². The lowest BCUT2D eigenvalue weighted by molar-refractivity contribution is -0.114. The average molecular weight is 429 g/mol. The van der Waals surface area contributed by atoms with Gasteiger partial charge in [0, 0.05) is 10.7 Å². The number of nitrogens with one attached hydrogen (secondary N) is 1. The molecule has 0 fully saturated rings.